The summed E-state index contributed by atoms with van der Waals surface area (Å²) in [6.07, 6.45) is 0. The molecule has 0 bridgehead atoms. The van der Waals surface area contributed by atoms with Crippen LogP contribution >= 0.6 is 0 Å². The van der Waals surface area contributed by atoms with Crippen molar-refractivity contribution in [2.75, 3.05) is 23.8 Å². The highest BCUT2D eigenvalue weighted by molar-refractivity contribution is 6.03. The first-order valence-electron chi connectivity index (χ1n) is 7.32. The van der Waals surface area contributed by atoms with Gasteiger partial charge in [0.1, 0.15) is 6.04 Å². The van der Waals surface area contributed by atoms with Crippen molar-refractivity contribution in [1.29, 1.82) is 0 Å². The summed E-state index contributed by atoms with van der Waals surface area (Å²) in [4.78, 5) is 14.2. The Hall–Kier alpha value is -1.55. The topological polar surface area (TPSA) is 44.4 Å². The minimum atomic E-state index is -0.225. The molecule has 2 N–H and O–H groups in total. The van der Waals surface area contributed by atoms with E-state index in [0.717, 1.165) is 17.8 Å². The molecule has 1 unspecified atom stereocenters. The van der Waals surface area contributed by atoms with Crippen molar-refractivity contribution in [3.05, 3.63) is 23.8 Å². The standard InChI is InChI=1S/C16H25N3O/c1-10(2)9-19(11(3)4)12-6-7-13-14(8-12)18-16(20)15(13)17-5/h6-8,10-11,15,17H,9H2,1-5H3,(H,18,20). The van der Waals surface area contributed by atoms with Crippen molar-refractivity contribution in [3.63, 3.8) is 0 Å². The number of carbonyl (C=O) groups excluding carboxylic acids is 1. The van der Waals surface area contributed by atoms with Crippen LogP contribution < -0.4 is 15.5 Å². The average molecular weight is 275 g/mol. The third-order valence-electron chi connectivity index (χ3n) is 3.67. The van der Waals surface area contributed by atoms with Gasteiger partial charge in [0.15, 0.2) is 0 Å². The molecule has 0 radical (unpaired) electrons. The molecule has 1 aromatic carbocycles. The van der Waals surface area contributed by atoms with Crippen molar-refractivity contribution < 1.29 is 4.79 Å². The predicted molar refractivity (Wildman–Crippen MR) is 84.2 cm³/mol. The average Bonchev–Trinajstić information content (AvgIpc) is 2.69. The van der Waals surface area contributed by atoms with Crippen LogP contribution in [0.25, 0.3) is 0 Å². The zero-order valence-corrected chi connectivity index (χ0v) is 13.0. The highest BCUT2D eigenvalue weighted by Crippen LogP contribution is 2.34. The summed E-state index contributed by atoms with van der Waals surface area (Å²) in [6, 6.07) is 6.47. The fourth-order valence-corrected chi connectivity index (χ4v) is 2.72. The third kappa shape index (κ3) is 2.80. The molecule has 0 spiro atoms. The van der Waals surface area contributed by atoms with Crippen molar-refractivity contribution in [3.8, 4) is 0 Å². The van der Waals surface area contributed by atoms with E-state index in [1.54, 1.807) is 0 Å². The SMILES string of the molecule is CNC1C(=O)Nc2cc(N(CC(C)C)C(C)C)ccc21. The van der Waals surface area contributed by atoms with Crippen LogP contribution in [0.1, 0.15) is 39.3 Å². The first kappa shape index (κ1) is 14.9. The molecule has 0 aliphatic carbocycles. The summed E-state index contributed by atoms with van der Waals surface area (Å²) in [5.41, 5.74) is 3.14. The molecule has 0 saturated heterocycles. The molecule has 1 atom stereocenters. The van der Waals surface area contributed by atoms with Gasteiger partial charge in [0.25, 0.3) is 0 Å². The van der Waals surface area contributed by atoms with Gasteiger partial charge in [0, 0.05) is 29.5 Å². The van der Waals surface area contributed by atoms with Gasteiger partial charge in [-0.2, -0.15) is 0 Å². The van der Waals surface area contributed by atoms with Crippen LogP contribution in [0.3, 0.4) is 0 Å². The van der Waals surface area contributed by atoms with Crippen LogP contribution in [0.15, 0.2) is 18.2 Å². The number of likely N-dealkylation sites (N-methyl/N-ethyl adjacent to an activating group) is 1. The lowest BCUT2D eigenvalue weighted by Gasteiger charge is -2.31. The first-order valence-corrected chi connectivity index (χ1v) is 7.32. The highest BCUT2D eigenvalue weighted by Gasteiger charge is 2.29. The Labute approximate surface area is 121 Å². The van der Waals surface area contributed by atoms with E-state index in [-0.39, 0.29) is 11.9 Å². The molecular formula is C16H25N3O. The number of anilines is 2. The van der Waals surface area contributed by atoms with Crippen LogP contribution in [0, 0.1) is 5.92 Å². The monoisotopic (exact) mass is 275 g/mol. The van der Waals surface area contributed by atoms with Gasteiger partial charge in [0.2, 0.25) is 5.91 Å². The van der Waals surface area contributed by atoms with Gasteiger partial charge in [-0.15, -0.1) is 0 Å². The van der Waals surface area contributed by atoms with Crippen molar-refractivity contribution in [2.45, 2.75) is 39.8 Å². The highest BCUT2D eigenvalue weighted by atomic mass is 16.2. The maximum atomic E-state index is 11.9. The van der Waals surface area contributed by atoms with E-state index in [9.17, 15) is 4.79 Å². The minimum Gasteiger partial charge on any atom is -0.369 e. The Bertz CT molecular complexity index is 496. The molecule has 1 amide bonds. The second-order valence-electron chi connectivity index (χ2n) is 6.12. The van der Waals surface area contributed by atoms with Crippen molar-refractivity contribution in [1.82, 2.24) is 5.32 Å². The van der Waals surface area contributed by atoms with E-state index in [0.29, 0.717) is 12.0 Å². The lowest BCUT2D eigenvalue weighted by atomic mass is 10.1. The zero-order valence-electron chi connectivity index (χ0n) is 13.0. The first-order chi connectivity index (χ1) is 9.43. The van der Waals surface area contributed by atoms with Gasteiger partial charge in [-0.25, -0.2) is 0 Å². The third-order valence-corrected chi connectivity index (χ3v) is 3.67. The number of nitrogens with zero attached hydrogens (tertiary/aromatic N) is 1. The smallest absolute Gasteiger partial charge is 0.246 e. The van der Waals surface area contributed by atoms with E-state index in [2.05, 4.69) is 61.4 Å². The fourth-order valence-electron chi connectivity index (χ4n) is 2.72. The van der Waals surface area contributed by atoms with Gasteiger partial charge < -0.3 is 15.5 Å². The van der Waals surface area contributed by atoms with E-state index in [1.807, 2.05) is 7.05 Å². The Morgan fingerprint density at radius 2 is 2.00 bits per heavy atom. The quantitative estimate of drug-likeness (QED) is 0.868. The second-order valence-corrected chi connectivity index (χ2v) is 6.12. The van der Waals surface area contributed by atoms with Crippen LogP contribution in [0.4, 0.5) is 11.4 Å². The molecule has 1 aliphatic heterocycles. The summed E-state index contributed by atoms with van der Waals surface area (Å²) in [5, 5.41) is 6.01. The summed E-state index contributed by atoms with van der Waals surface area (Å²) >= 11 is 0. The van der Waals surface area contributed by atoms with Gasteiger partial charge >= 0.3 is 0 Å². The Morgan fingerprint density at radius 3 is 2.55 bits per heavy atom. The molecule has 0 aromatic heterocycles. The van der Waals surface area contributed by atoms with Gasteiger partial charge in [0.05, 0.1) is 0 Å². The van der Waals surface area contributed by atoms with Crippen LogP contribution in [0.2, 0.25) is 0 Å². The maximum absolute atomic E-state index is 11.9. The number of hydrogen-bond acceptors (Lipinski definition) is 3. The molecular weight excluding hydrogens is 250 g/mol. The lowest BCUT2D eigenvalue weighted by molar-refractivity contribution is -0.117. The minimum absolute atomic E-state index is 0.0274. The van der Waals surface area contributed by atoms with E-state index in [1.165, 1.54) is 5.69 Å². The number of benzene rings is 1. The van der Waals surface area contributed by atoms with E-state index >= 15 is 0 Å². The molecule has 110 valence electrons. The number of nitrogens with one attached hydrogen (secondary N) is 2. The molecule has 1 aromatic rings. The van der Waals surface area contributed by atoms with Gasteiger partial charge in [-0.05, 0) is 38.9 Å². The number of hydrogen-bond donors (Lipinski definition) is 2. The summed E-state index contributed by atoms with van der Waals surface area (Å²) in [5.74, 6) is 0.630. The predicted octanol–water partition coefficient (Wildman–Crippen LogP) is 2.77. The summed E-state index contributed by atoms with van der Waals surface area (Å²) in [7, 11) is 1.81. The molecule has 1 heterocycles. The number of carbonyl (C=O) groups is 1. The van der Waals surface area contributed by atoms with Crippen molar-refractivity contribution >= 4 is 17.3 Å². The molecule has 4 nitrogen and oxygen atoms in total. The van der Waals surface area contributed by atoms with Crippen LogP contribution in [-0.4, -0.2) is 25.5 Å². The number of amides is 1. The lowest BCUT2D eigenvalue weighted by Crippen LogP contribution is -2.34. The molecule has 1 aliphatic rings. The Morgan fingerprint density at radius 1 is 1.30 bits per heavy atom. The summed E-state index contributed by atoms with van der Waals surface area (Å²) in [6.45, 7) is 9.86. The van der Waals surface area contributed by atoms with Crippen molar-refractivity contribution in [2.24, 2.45) is 5.92 Å². The van der Waals surface area contributed by atoms with Gasteiger partial charge in [-0.1, -0.05) is 19.9 Å². The fraction of sp³-hybridized carbons (Fsp3) is 0.562. The number of fused-ring (bicyclic) bond motifs is 1. The molecule has 0 fully saturated rings. The van der Waals surface area contributed by atoms with E-state index in [4.69, 9.17) is 0 Å². The molecule has 20 heavy (non-hydrogen) atoms. The Kier molecular flexibility index (Phi) is 4.33. The van der Waals surface area contributed by atoms with Gasteiger partial charge in [-0.3, -0.25) is 4.79 Å². The zero-order chi connectivity index (χ0) is 14.9. The number of rotatable bonds is 5. The normalized spacial score (nSPS) is 17.6. The van der Waals surface area contributed by atoms with Crippen LogP contribution in [0.5, 0.6) is 0 Å². The van der Waals surface area contributed by atoms with Crippen LogP contribution in [-0.2, 0) is 4.79 Å². The Balaban J connectivity index is 2.31. The molecule has 2 rings (SSSR count). The summed E-state index contributed by atoms with van der Waals surface area (Å²) < 4.78 is 0. The second kappa shape index (κ2) is 5.83. The largest absolute Gasteiger partial charge is 0.369 e. The molecule has 4 heteroatoms. The molecule has 0 saturated carbocycles. The maximum Gasteiger partial charge on any atom is 0.246 e. The van der Waals surface area contributed by atoms with E-state index < -0.39 is 0 Å².